The first-order valence-corrected chi connectivity index (χ1v) is 7.91. The minimum absolute atomic E-state index is 0.174. The summed E-state index contributed by atoms with van der Waals surface area (Å²) in [5, 5.41) is 6.78. The predicted molar refractivity (Wildman–Crippen MR) is 93.7 cm³/mol. The first-order chi connectivity index (χ1) is 12.0. The largest absolute Gasteiger partial charge is 0.489 e. The Labute approximate surface area is 145 Å². The van der Waals surface area contributed by atoms with Crippen molar-refractivity contribution in [3.63, 3.8) is 0 Å². The second kappa shape index (κ2) is 7.17. The average Bonchev–Trinajstić information content (AvgIpc) is 2.93. The summed E-state index contributed by atoms with van der Waals surface area (Å²) in [4.78, 5) is 16.3. The molecule has 0 saturated heterocycles. The lowest BCUT2D eigenvalue weighted by Gasteiger charge is -2.09. The molecular formula is C19H19N3O3. The van der Waals surface area contributed by atoms with Crippen molar-refractivity contribution in [3.05, 3.63) is 70.9 Å². The lowest BCUT2D eigenvalue weighted by atomic mass is 10.2. The molecule has 0 aliphatic heterocycles. The molecular weight excluding hydrogens is 318 g/mol. The molecule has 1 aromatic carbocycles. The number of carbonyl (C=O) groups excluding carboxylic acids is 1. The Morgan fingerprint density at radius 2 is 1.92 bits per heavy atom. The van der Waals surface area contributed by atoms with E-state index in [-0.39, 0.29) is 5.91 Å². The van der Waals surface area contributed by atoms with E-state index in [1.54, 1.807) is 42.7 Å². The van der Waals surface area contributed by atoms with E-state index in [0.29, 0.717) is 17.9 Å². The number of benzene rings is 1. The van der Waals surface area contributed by atoms with E-state index < -0.39 is 0 Å². The van der Waals surface area contributed by atoms with Gasteiger partial charge in [0.25, 0.3) is 5.91 Å². The van der Waals surface area contributed by atoms with Crippen LogP contribution in [0.4, 0.5) is 5.69 Å². The van der Waals surface area contributed by atoms with Crippen LogP contribution in [-0.4, -0.2) is 16.0 Å². The van der Waals surface area contributed by atoms with Crippen LogP contribution in [0.1, 0.15) is 32.9 Å². The zero-order chi connectivity index (χ0) is 17.8. The zero-order valence-corrected chi connectivity index (χ0v) is 14.4. The Kier molecular flexibility index (Phi) is 4.79. The van der Waals surface area contributed by atoms with Gasteiger partial charge in [-0.1, -0.05) is 5.16 Å². The van der Waals surface area contributed by atoms with Crippen LogP contribution in [0.15, 0.2) is 47.2 Å². The number of aromatic nitrogens is 2. The first kappa shape index (κ1) is 16.7. The number of anilines is 1. The second-order valence-corrected chi connectivity index (χ2v) is 5.76. The van der Waals surface area contributed by atoms with E-state index in [4.69, 9.17) is 9.26 Å². The summed E-state index contributed by atoms with van der Waals surface area (Å²) in [5.74, 6) is 1.25. The number of hydrogen-bond donors (Lipinski definition) is 1. The van der Waals surface area contributed by atoms with Crippen molar-refractivity contribution in [2.45, 2.75) is 27.4 Å². The zero-order valence-electron chi connectivity index (χ0n) is 14.4. The van der Waals surface area contributed by atoms with Crippen molar-refractivity contribution in [2.24, 2.45) is 0 Å². The van der Waals surface area contributed by atoms with Crippen molar-refractivity contribution in [1.82, 2.24) is 10.1 Å². The summed E-state index contributed by atoms with van der Waals surface area (Å²) in [5.41, 5.74) is 3.98. The molecule has 0 radical (unpaired) electrons. The van der Waals surface area contributed by atoms with Crippen molar-refractivity contribution in [2.75, 3.05) is 5.32 Å². The molecule has 3 rings (SSSR count). The first-order valence-electron chi connectivity index (χ1n) is 7.91. The third-order valence-corrected chi connectivity index (χ3v) is 3.95. The SMILES string of the molecule is Cc1cnccc1NC(=O)c1ccc(OCc2c(C)noc2C)cc1. The molecule has 3 aromatic rings. The summed E-state index contributed by atoms with van der Waals surface area (Å²) in [7, 11) is 0. The van der Waals surface area contributed by atoms with Crippen LogP contribution in [0.5, 0.6) is 5.75 Å². The third kappa shape index (κ3) is 3.85. The highest BCUT2D eigenvalue weighted by molar-refractivity contribution is 6.04. The van der Waals surface area contributed by atoms with Gasteiger partial charge in [-0.15, -0.1) is 0 Å². The highest BCUT2D eigenvalue weighted by atomic mass is 16.5. The van der Waals surface area contributed by atoms with Gasteiger partial charge in [0.05, 0.1) is 11.3 Å². The summed E-state index contributed by atoms with van der Waals surface area (Å²) in [6.45, 7) is 6.01. The smallest absolute Gasteiger partial charge is 0.255 e. The topological polar surface area (TPSA) is 77.2 Å². The van der Waals surface area contributed by atoms with E-state index in [0.717, 1.165) is 28.3 Å². The van der Waals surface area contributed by atoms with Crippen molar-refractivity contribution in [3.8, 4) is 5.75 Å². The number of nitrogens with one attached hydrogen (secondary N) is 1. The lowest BCUT2D eigenvalue weighted by Crippen LogP contribution is -2.12. The van der Waals surface area contributed by atoms with Crippen LogP contribution in [0.25, 0.3) is 0 Å². The fourth-order valence-electron chi connectivity index (χ4n) is 2.37. The molecule has 6 heteroatoms. The second-order valence-electron chi connectivity index (χ2n) is 5.76. The lowest BCUT2D eigenvalue weighted by molar-refractivity contribution is 0.102. The van der Waals surface area contributed by atoms with Gasteiger partial charge in [0.2, 0.25) is 0 Å². The Morgan fingerprint density at radius 1 is 1.16 bits per heavy atom. The number of hydrogen-bond acceptors (Lipinski definition) is 5. The molecule has 0 bridgehead atoms. The summed E-state index contributed by atoms with van der Waals surface area (Å²) >= 11 is 0. The fraction of sp³-hybridized carbons (Fsp3) is 0.211. The van der Waals surface area contributed by atoms with E-state index in [9.17, 15) is 4.79 Å². The molecule has 0 fully saturated rings. The molecule has 0 saturated carbocycles. The van der Waals surface area contributed by atoms with E-state index in [2.05, 4.69) is 15.5 Å². The van der Waals surface area contributed by atoms with E-state index in [1.165, 1.54) is 0 Å². The standard InChI is InChI=1S/C19H19N3O3/c1-12-10-20-9-8-18(12)21-19(23)15-4-6-16(7-5-15)24-11-17-13(2)22-25-14(17)3/h4-10H,11H2,1-3H3,(H,20,21,23). The Balaban J connectivity index is 1.64. The molecule has 128 valence electrons. The van der Waals surface area contributed by atoms with Gasteiger partial charge >= 0.3 is 0 Å². The minimum atomic E-state index is -0.174. The number of carbonyl (C=O) groups is 1. The van der Waals surface area contributed by atoms with Crippen molar-refractivity contribution in [1.29, 1.82) is 0 Å². The molecule has 1 N–H and O–H groups in total. The summed E-state index contributed by atoms with van der Waals surface area (Å²) in [6.07, 6.45) is 3.36. The predicted octanol–water partition coefficient (Wildman–Crippen LogP) is 3.83. The maximum atomic E-state index is 12.3. The molecule has 25 heavy (non-hydrogen) atoms. The number of aryl methyl sites for hydroxylation is 3. The van der Waals surface area contributed by atoms with Crippen LogP contribution in [0.2, 0.25) is 0 Å². The maximum absolute atomic E-state index is 12.3. The quantitative estimate of drug-likeness (QED) is 0.766. The number of rotatable bonds is 5. The van der Waals surface area contributed by atoms with Gasteiger partial charge < -0.3 is 14.6 Å². The van der Waals surface area contributed by atoms with E-state index >= 15 is 0 Å². The van der Waals surface area contributed by atoms with Crippen LogP contribution >= 0.6 is 0 Å². The molecule has 0 atom stereocenters. The third-order valence-electron chi connectivity index (χ3n) is 3.95. The van der Waals surface area contributed by atoms with Gasteiger partial charge in [0, 0.05) is 23.6 Å². The Hall–Kier alpha value is -3.15. The van der Waals surface area contributed by atoms with Crippen LogP contribution in [0, 0.1) is 20.8 Å². The number of amides is 1. The summed E-state index contributed by atoms with van der Waals surface area (Å²) < 4.78 is 10.9. The van der Waals surface area contributed by atoms with Crippen LogP contribution < -0.4 is 10.1 Å². The van der Waals surface area contributed by atoms with Gasteiger partial charge in [-0.2, -0.15) is 0 Å². The van der Waals surface area contributed by atoms with Crippen molar-refractivity contribution < 1.29 is 14.1 Å². The molecule has 2 aromatic heterocycles. The van der Waals surface area contributed by atoms with E-state index in [1.807, 2.05) is 20.8 Å². The molecule has 1 amide bonds. The molecule has 0 aliphatic carbocycles. The molecule has 2 heterocycles. The minimum Gasteiger partial charge on any atom is -0.489 e. The van der Waals surface area contributed by atoms with Gasteiger partial charge in [-0.3, -0.25) is 9.78 Å². The van der Waals surface area contributed by atoms with Crippen molar-refractivity contribution >= 4 is 11.6 Å². The fourth-order valence-corrected chi connectivity index (χ4v) is 2.37. The molecule has 6 nitrogen and oxygen atoms in total. The van der Waals surface area contributed by atoms with Gasteiger partial charge in [0.15, 0.2) is 0 Å². The number of nitrogens with zero attached hydrogens (tertiary/aromatic N) is 2. The van der Waals surface area contributed by atoms with Gasteiger partial charge in [-0.25, -0.2) is 0 Å². The maximum Gasteiger partial charge on any atom is 0.255 e. The average molecular weight is 337 g/mol. The highest BCUT2D eigenvalue weighted by Crippen LogP contribution is 2.19. The summed E-state index contributed by atoms with van der Waals surface area (Å²) in [6, 6.07) is 8.77. The molecule has 0 aliphatic rings. The normalized spacial score (nSPS) is 10.5. The van der Waals surface area contributed by atoms with Gasteiger partial charge in [-0.05, 0) is 56.7 Å². The number of ether oxygens (including phenoxy) is 1. The molecule has 0 spiro atoms. The number of pyridine rings is 1. The highest BCUT2D eigenvalue weighted by Gasteiger charge is 2.11. The monoisotopic (exact) mass is 337 g/mol. The van der Waals surface area contributed by atoms with Crippen LogP contribution in [0.3, 0.4) is 0 Å². The van der Waals surface area contributed by atoms with Crippen LogP contribution in [-0.2, 0) is 6.61 Å². The Bertz CT molecular complexity index is 866. The van der Waals surface area contributed by atoms with Gasteiger partial charge in [0.1, 0.15) is 18.1 Å². The molecule has 0 unspecified atom stereocenters. The Morgan fingerprint density at radius 3 is 2.56 bits per heavy atom.